The Morgan fingerprint density at radius 3 is 2.71 bits per heavy atom. The zero-order chi connectivity index (χ0) is 17.7. The number of carbonyl (C=O) groups excluding carboxylic acids is 2. The Morgan fingerprint density at radius 2 is 2.08 bits per heavy atom. The molecule has 1 aliphatic rings. The number of thiophene rings is 1. The van der Waals surface area contributed by atoms with Crippen LogP contribution in [0.3, 0.4) is 0 Å². The molecule has 1 N–H and O–H groups in total. The molecule has 0 spiro atoms. The average Bonchev–Trinajstić information content (AvgIpc) is 2.83. The molecule has 4 nitrogen and oxygen atoms in total. The van der Waals surface area contributed by atoms with Crippen LogP contribution in [0.1, 0.15) is 67.8 Å². The van der Waals surface area contributed by atoms with Gasteiger partial charge < -0.3 is 10.1 Å². The van der Waals surface area contributed by atoms with Gasteiger partial charge in [-0.15, -0.1) is 11.3 Å². The largest absolute Gasteiger partial charge is 0.462 e. The number of esters is 1. The van der Waals surface area contributed by atoms with Gasteiger partial charge in [-0.05, 0) is 51.5 Å². The number of hydrogen-bond donors (Lipinski definition) is 1. The van der Waals surface area contributed by atoms with E-state index in [1.54, 1.807) is 13.0 Å². The second-order valence-corrected chi connectivity index (χ2v) is 7.64. The molecule has 1 amide bonds. The Bertz CT molecular complexity index is 641. The monoisotopic (exact) mass is 349 g/mol. The average molecular weight is 349 g/mol. The molecule has 132 valence electrons. The molecule has 0 radical (unpaired) electrons. The number of allylic oxidation sites excluding steroid dienone is 1. The second kappa shape index (κ2) is 8.47. The van der Waals surface area contributed by atoms with Gasteiger partial charge in [-0.2, -0.15) is 0 Å². The first-order chi connectivity index (χ1) is 11.5. The fourth-order valence-corrected chi connectivity index (χ4v) is 4.58. The van der Waals surface area contributed by atoms with Gasteiger partial charge in [0.15, 0.2) is 0 Å². The van der Waals surface area contributed by atoms with Crippen molar-refractivity contribution in [2.24, 2.45) is 5.92 Å². The molecule has 0 fully saturated rings. The van der Waals surface area contributed by atoms with E-state index >= 15 is 0 Å². The summed E-state index contributed by atoms with van der Waals surface area (Å²) < 4.78 is 5.23. The predicted octanol–water partition coefficient (Wildman–Crippen LogP) is 4.73. The van der Waals surface area contributed by atoms with Crippen molar-refractivity contribution in [2.45, 2.75) is 59.8 Å². The molecule has 1 aliphatic carbocycles. The minimum Gasteiger partial charge on any atom is -0.462 e. The first-order valence-corrected chi connectivity index (χ1v) is 9.55. The van der Waals surface area contributed by atoms with E-state index in [0.29, 0.717) is 23.1 Å². The molecular formula is C19H27NO3S. The first kappa shape index (κ1) is 18.7. The molecule has 1 aromatic heterocycles. The molecule has 1 atom stereocenters. The number of rotatable bonds is 6. The van der Waals surface area contributed by atoms with Crippen molar-refractivity contribution < 1.29 is 14.3 Å². The third kappa shape index (κ3) is 4.47. The van der Waals surface area contributed by atoms with Gasteiger partial charge in [-0.25, -0.2) is 4.79 Å². The van der Waals surface area contributed by atoms with E-state index < -0.39 is 0 Å². The van der Waals surface area contributed by atoms with E-state index in [2.05, 4.69) is 12.2 Å². The van der Waals surface area contributed by atoms with Crippen molar-refractivity contribution >= 4 is 28.2 Å². The molecule has 0 aliphatic heterocycles. The summed E-state index contributed by atoms with van der Waals surface area (Å²) in [4.78, 5) is 25.8. The van der Waals surface area contributed by atoms with Crippen molar-refractivity contribution in [3.63, 3.8) is 0 Å². The maximum atomic E-state index is 12.4. The lowest BCUT2D eigenvalue weighted by molar-refractivity contribution is -0.111. The van der Waals surface area contributed by atoms with E-state index in [1.165, 1.54) is 29.1 Å². The lowest BCUT2D eigenvalue weighted by atomic mass is 9.84. The number of fused-ring (bicyclic) bond motifs is 1. The minimum absolute atomic E-state index is 0.191. The zero-order valence-electron chi connectivity index (χ0n) is 15.0. The van der Waals surface area contributed by atoms with Crippen LogP contribution in [0.2, 0.25) is 0 Å². The zero-order valence-corrected chi connectivity index (χ0v) is 15.8. The minimum atomic E-state index is -0.323. The molecule has 1 heterocycles. The van der Waals surface area contributed by atoms with E-state index in [1.807, 2.05) is 13.8 Å². The summed E-state index contributed by atoms with van der Waals surface area (Å²) >= 11 is 1.54. The Labute approximate surface area is 148 Å². The number of nitrogens with one attached hydrogen (secondary N) is 1. The van der Waals surface area contributed by atoms with Gasteiger partial charge in [-0.1, -0.05) is 25.3 Å². The van der Waals surface area contributed by atoms with Gasteiger partial charge in [0.1, 0.15) is 5.00 Å². The van der Waals surface area contributed by atoms with Crippen LogP contribution in [-0.2, 0) is 22.4 Å². The van der Waals surface area contributed by atoms with Gasteiger partial charge in [-0.3, -0.25) is 4.79 Å². The Balaban J connectivity index is 2.33. The van der Waals surface area contributed by atoms with Crippen molar-refractivity contribution in [1.82, 2.24) is 0 Å². The summed E-state index contributed by atoms with van der Waals surface area (Å²) in [6.07, 6.45) is 6.94. The molecule has 0 saturated carbocycles. The highest BCUT2D eigenvalue weighted by atomic mass is 32.1. The second-order valence-electron chi connectivity index (χ2n) is 6.54. The topological polar surface area (TPSA) is 55.4 Å². The van der Waals surface area contributed by atoms with Crippen LogP contribution < -0.4 is 5.32 Å². The number of carbonyl (C=O) groups is 2. The number of amides is 1. The Morgan fingerprint density at radius 1 is 1.33 bits per heavy atom. The van der Waals surface area contributed by atoms with E-state index in [0.717, 1.165) is 30.4 Å². The quantitative estimate of drug-likeness (QED) is 0.596. The van der Waals surface area contributed by atoms with Crippen molar-refractivity contribution in [2.75, 3.05) is 11.9 Å². The lowest BCUT2D eigenvalue weighted by Gasteiger charge is -2.21. The van der Waals surface area contributed by atoms with Gasteiger partial charge in [0, 0.05) is 11.0 Å². The van der Waals surface area contributed by atoms with Crippen LogP contribution in [0.4, 0.5) is 5.00 Å². The highest BCUT2D eigenvalue weighted by Gasteiger charge is 2.29. The first-order valence-electron chi connectivity index (χ1n) is 8.73. The molecule has 0 unspecified atom stereocenters. The molecule has 5 heteroatoms. The maximum absolute atomic E-state index is 12.4. The van der Waals surface area contributed by atoms with Crippen LogP contribution in [0, 0.1) is 5.92 Å². The van der Waals surface area contributed by atoms with Crippen LogP contribution in [-0.4, -0.2) is 18.5 Å². The van der Waals surface area contributed by atoms with Gasteiger partial charge in [0.2, 0.25) is 5.91 Å². The van der Waals surface area contributed by atoms with Crippen molar-refractivity contribution in [3.05, 3.63) is 27.7 Å². The van der Waals surface area contributed by atoms with E-state index in [-0.39, 0.29) is 11.9 Å². The van der Waals surface area contributed by atoms with Crippen LogP contribution in [0.5, 0.6) is 0 Å². The van der Waals surface area contributed by atoms with Crippen LogP contribution in [0.25, 0.3) is 0 Å². The summed E-state index contributed by atoms with van der Waals surface area (Å²) in [5.74, 6) is 0.165. The molecule has 1 aromatic rings. The third-order valence-electron chi connectivity index (χ3n) is 4.20. The fourth-order valence-electron chi connectivity index (χ4n) is 3.23. The molecule has 0 saturated heterocycles. The highest BCUT2D eigenvalue weighted by molar-refractivity contribution is 7.17. The van der Waals surface area contributed by atoms with Crippen LogP contribution >= 0.6 is 11.3 Å². The lowest BCUT2D eigenvalue weighted by Crippen LogP contribution is -2.16. The third-order valence-corrected chi connectivity index (χ3v) is 5.37. The molecule has 2 rings (SSSR count). The van der Waals surface area contributed by atoms with Gasteiger partial charge >= 0.3 is 5.97 Å². The maximum Gasteiger partial charge on any atom is 0.341 e. The predicted molar refractivity (Wildman–Crippen MR) is 98.8 cm³/mol. The highest BCUT2D eigenvalue weighted by Crippen LogP contribution is 2.41. The number of anilines is 1. The van der Waals surface area contributed by atoms with Crippen LogP contribution in [0.15, 0.2) is 11.6 Å². The van der Waals surface area contributed by atoms with Crippen molar-refractivity contribution in [3.8, 4) is 0 Å². The molecular weight excluding hydrogens is 322 g/mol. The SMILES string of the molecule is CCC[C@H]1CCc2c(sc(NC(=O)C=C(C)C)c2C(=O)OCC)C1. The summed E-state index contributed by atoms with van der Waals surface area (Å²) in [7, 11) is 0. The standard InChI is InChI=1S/C19H27NO3S/c1-5-7-13-8-9-14-15(11-13)24-18(17(14)19(22)23-6-2)20-16(21)10-12(3)4/h10,13H,5-9,11H2,1-4H3,(H,20,21)/t13-/m0/s1. The fraction of sp³-hybridized carbons (Fsp3) is 0.579. The molecule has 0 aromatic carbocycles. The van der Waals surface area contributed by atoms with Gasteiger partial charge in [0.05, 0.1) is 12.2 Å². The van der Waals surface area contributed by atoms with Crippen molar-refractivity contribution in [1.29, 1.82) is 0 Å². The molecule has 0 bridgehead atoms. The normalized spacial score (nSPS) is 16.2. The number of ether oxygens (including phenoxy) is 1. The smallest absolute Gasteiger partial charge is 0.341 e. The Hall–Kier alpha value is -1.62. The number of hydrogen-bond acceptors (Lipinski definition) is 4. The summed E-state index contributed by atoms with van der Waals surface area (Å²) in [5.41, 5.74) is 2.58. The summed E-state index contributed by atoms with van der Waals surface area (Å²) in [5, 5.41) is 3.52. The van der Waals surface area contributed by atoms with E-state index in [9.17, 15) is 9.59 Å². The molecule has 24 heavy (non-hydrogen) atoms. The van der Waals surface area contributed by atoms with E-state index in [4.69, 9.17) is 4.74 Å². The summed E-state index contributed by atoms with van der Waals surface area (Å²) in [6.45, 7) is 8.10. The van der Waals surface area contributed by atoms with Gasteiger partial charge in [0.25, 0.3) is 0 Å². The Kier molecular flexibility index (Phi) is 6.60. The summed E-state index contributed by atoms with van der Waals surface area (Å²) in [6, 6.07) is 0.